The van der Waals surface area contributed by atoms with E-state index in [4.69, 9.17) is 4.74 Å². The van der Waals surface area contributed by atoms with Crippen molar-refractivity contribution >= 4 is 17.6 Å². The van der Waals surface area contributed by atoms with Crippen LogP contribution in [0.2, 0.25) is 0 Å². The van der Waals surface area contributed by atoms with Crippen molar-refractivity contribution < 1.29 is 14.3 Å². The Morgan fingerprint density at radius 3 is 2.36 bits per heavy atom. The van der Waals surface area contributed by atoms with Crippen LogP contribution in [0, 0.1) is 5.92 Å². The van der Waals surface area contributed by atoms with Crippen molar-refractivity contribution in [3.05, 3.63) is 30.3 Å². The van der Waals surface area contributed by atoms with Gasteiger partial charge in [0.1, 0.15) is 0 Å². The van der Waals surface area contributed by atoms with E-state index in [9.17, 15) is 9.59 Å². The third kappa shape index (κ3) is 3.85. The maximum absolute atomic E-state index is 12.3. The maximum Gasteiger partial charge on any atom is 0.309 e. The molecule has 120 valence electrons. The van der Waals surface area contributed by atoms with E-state index in [1.807, 2.05) is 49.2 Å². The van der Waals surface area contributed by atoms with Crippen LogP contribution >= 0.6 is 0 Å². The largest absolute Gasteiger partial charge is 0.466 e. The monoisotopic (exact) mass is 304 g/mol. The van der Waals surface area contributed by atoms with Crippen molar-refractivity contribution in [2.75, 3.05) is 24.7 Å². The van der Waals surface area contributed by atoms with Gasteiger partial charge < -0.3 is 4.74 Å². The number of para-hydroxylation sites is 1. The van der Waals surface area contributed by atoms with Gasteiger partial charge >= 0.3 is 5.97 Å². The summed E-state index contributed by atoms with van der Waals surface area (Å²) in [7, 11) is 0. The Labute approximate surface area is 131 Å². The summed E-state index contributed by atoms with van der Waals surface area (Å²) in [5.74, 6) is -0.0958. The molecule has 0 N–H and O–H groups in total. The summed E-state index contributed by atoms with van der Waals surface area (Å²) in [6.07, 6.45) is 1.89. The Bertz CT molecular complexity index is 496. The Morgan fingerprint density at radius 2 is 1.82 bits per heavy atom. The summed E-state index contributed by atoms with van der Waals surface area (Å²) in [6, 6.07) is 9.66. The molecule has 0 radical (unpaired) electrons. The highest BCUT2D eigenvalue weighted by Gasteiger charge is 2.30. The second-order valence-electron chi connectivity index (χ2n) is 5.37. The average Bonchev–Trinajstić information content (AvgIpc) is 2.56. The number of nitrogens with zero attached hydrogens (tertiary/aromatic N) is 2. The van der Waals surface area contributed by atoms with Gasteiger partial charge in [-0.25, -0.2) is 10.0 Å². The van der Waals surface area contributed by atoms with Crippen LogP contribution in [0.25, 0.3) is 0 Å². The second-order valence-corrected chi connectivity index (χ2v) is 5.37. The van der Waals surface area contributed by atoms with Crippen LogP contribution in [0.15, 0.2) is 30.3 Å². The van der Waals surface area contributed by atoms with Crippen molar-refractivity contribution in [1.82, 2.24) is 5.01 Å². The SMILES string of the molecule is CCOC(=O)C1CCN(N(C(=O)CC)c2ccccc2)CC1. The summed E-state index contributed by atoms with van der Waals surface area (Å²) in [5.41, 5.74) is 0.879. The molecule has 0 unspecified atom stereocenters. The van der Waals surface area contributed by atoms with E-state index in [0.717, 1.165) is 18.5 Å². The number of carbonyl (C=O) groups excluding carboxylic acids is 2. The molecular formula is C17H24N2O3. The van der Waals surface area contributed by atoms with E-state index >= 15 is 0 Å². The smallest absolute Gasteiger partial charge is 0.309 e. The normalized spacial score (nSPS) is 16.3. The van der Waals surface area contributed by atoms with E-state index < -0.39 is 0 Å². The number of piperidine rings is 1. The fourth-order valence-electron chi connectivity index (χ4n) is 2.75. The third-order valence-electron chi connectivity index (χ3n) is 3.91. The standard InChI is InChI=1S/C17H24N2O3/c1-3-16(20)19(15-8-6-5-7-9-15)18-12-10-14(11-13-18)17(21)22-4-2/h5-9,14H,3-4,10-13H2,1-2H3. The summed E-state index contributed by atoms with van der Waals surface area (Å²) < 4.78 is 5.09. The van der Waals surface area contributed by atoms with Gasteiger partial charge in [-0.3, -0.25) is 9.59 Å². The molecule has 1 fully saturated rings. The number of amides is 1. The first kappa shape index (κ1) is 16.5. The van der Waals surface area contributed by atoms with E-state index in [0.29, 0.717) is 26.1 Å². The van der Waals surface area contributed by atoms with Gasteiger partial charge in [-0.05, 0) is 31.9 Å². The predicted octanol–water partition coefficient (Wildman–Crippen LogP) is 2.62. The lowest BCUT2D eigenvalue weighted by atomic mass is 9.98. The minimum atomic E-state index is -0.116. The summed E-state index contributed by atoms with van der Waals surface area (Å²) >= 11 is 0. The molecule has 22 heavy (non-hydrogen) atoms. The van der Waals surface area contributed by atoms with Crippen LogP contribution in [-0.4, -0.2) is 36.6 Å². The molecule has 5 nitrogen and oxygen atoms in total. The highest BCUT2D eigenvalue weighted by molar-refractivity contribution is 5.92. The van der Waals surface area contributed by atoms with Gasteiger partial charge in [0.2, 0.25) is 5.91 Å². The Morgan fingerprint density at radius 1 is 1.18 bits per heavy atom. The molecule has 1 aromatic carbocycles. The Balaban J connectivity index is 2.05. The van der Waals surface area contributed by atoms with E-state index in [2.05, 4.69) is 0 Å². The first-order chi connectivity index (χ1) is 10.7. The molecule has 0 saturated carbocycles. The van der Waals surface area contributed by atoms with Crippen LogP contribution in [0.3, 0.4) is 0 Å². The zero-order valence-corrected chi connectivity index (χ0v) is 13.3. The van der Waals surface area contributed by atoms with Gasteiger partial charge in [0, 0.05) is 19.5 Å². The van der Waals surface area contributed by atoms with Crippen LogP contribution in [0.1, 0.15) is 33.1 Å². The number of carbonyl (C=O) groups is 2. The van der Waals surface area contributed by atoms with Crippen molar-refractivity contribution in [3.63, 3.8) is 0 Å². The zero-order chi connectivity index (χ0) is 15.9. The minimum absolute atomic E-state index is 0.0504. The molecule has 0 aliphatic carbocycles. The zero-order valence-electron chi connectivity index (χ0n) is 13.3. The highest BCUT2D eigenvalue weighted by atomic mass is 16.5. The number of benzene rings is 1. The number of ether oxygens (including phenoxy) is 1. The number of hydrazine groups is 1. The van der Waals surface area contributed by atoms with E-state index in [-0.39, 0.29) is 17.8 Å². The third-order valence-corrected chi connectivity index (χ3v) is 3.91. The number of rotatable bonds is 5. The van der Waals surface area contributed by atoms with Crippen molar-refractivity contribution in [1.29, 1.82) is 0 Å². The lowest BCUT2D eigenvalue weighted by Gasteiger charge is -2.39. The van der Waals surface area contributed by atoms with Gasteiger partial charge in [-0.2, -0.15) is 0 Å². The van der Waals surface area contributed by atoms with Crippen LogP contribution < -0.4 is 5.01 Å². The second kappa shape index (κ2) is 7.94. The summed E-state index contributed by atoms with van der Waals surface area (Å²) in [4.78, 5) is 24.1. The van der Waals surface area contributed by atoms with Crippen molar-refractivity contribution in [3.8, 4) is 0 Å². The fourth-order valence-corrected chi connectivity index (χ4v) is 2.75. The molecule has 1 amide bonds. The molecule has 5 heteroatoms. The first-order valence-electron chi connectivity index (χ1n) is 7.96. The maximum atomic E-state index is 12.3. The molecular weight excluding hydrogens is 280 g/mol. The summed E-state index contributed by atoms with van der Waals surface area (Å²) in [6.45, 7) is 5.48. The number of hydrogen-bond donors (Lipinski definition) is 0. The lowest BCUT2D eigenvalue weighted by molar-refractivity contribution is -0.149. The van der Waals surface area contributed by atoms with Crippen molar-refractivity contribution in [2.24, 2.45) is 5.92 Å². The Hall–Kier alpha value is -1.88. The van der Waals surface area contributed by atoms with Crippen LogP contribution in [0.4, 0.5) is 5.69 Å². The number of anilines is 1. The Kier molecular flexibility index (Phi) is 5.95. The van der Waals surface area contributed by atoms with Gasteiger partial charge in [-0.15, -0.1) is 0 Å². The topological polar surface area (TPSA) is 49.9 Å². The molecule has 0 aromatic heterocycles. The fraction of sp³-hybridized carbons (Fsp3) is 0.529. The quantitative estimate of drug-likeness (QED) is 0.785. The van der Waals surface area contributed by atoms with Crippen LogP contribution in [-0.2, 0) is 14.3 Å². The van der Waals surface area contributed by atoms with Crippen LogP contribution in [0.5, 0.6) is 0 Å². The van der Waals surface area contributed by atoms with E-state index in [1.165, 1.54) is 0 Å². The lowest BCUT2D eigenvalue weighted by Crippen LogP contribution is -2.51. The average molecular weight is 304 g/mol. The predicted molar refractivity (Wildman–Crippen MR) is 85.1 cm³/mol. The van der Waals surface area contributed by atoms with Gasteiger partial charge in [0.15, 0.2) is 0 Å². The first-order valence-corrected chi connectivity index (χ1v) is 7.96. The van der Waals surface area contributed by atoms with Gasteiger partial charge in [-0.1, -0.05) is 25.1 Å². The minimum Gasteiger partial charge on any atom is -0.466 e. The van der Waals surface area contributed by atoms with E-state index in [1.54, 1.807) is 5.01 Å². The molecule has 1 aliphatic heterocycles. The molecule has 1 heterocycles. The molecule has 0 atom stereocenters. The number of hydrogen-bond acceptors (Lipinski definition) is 4. The highest BCUT2D eigenvalue weighted by Crippen LogP contribution is 2.24. The van der Waals surface area contributed by atoms with Crippen molar-refractivity contribution in [2.45, 2.75) is 33.1 Å². The number of esters is 1. The molecule has 1 aromatic rings. The van der Waals surface area contributed by atoms with Gasteiger partial charge in [0.25, 0.3) is 0 Å². The molecule has 1 saturated heterocycles. The summed E-state index contributed by atoms with van der Waals surface area (Å²) in [5, 5.41) is 3.79. The van der Waals surface area contributed by atoms with Gasteiger partial charge in [0.05, 0.1) is 18.2 Å². The molecule has 1 aliphatic rings. The molecule has 2 rings (SSSR count). The molecule has 0 spiro atoms. The molecule has 0 bridgehead atoms.